The number of rotatable bonds is 11. The van der Waals surface area contributed by atoms with Crippen molar-refractivity contribution < 1.29 is 13.3 Å². The third-order valence-electron chi connectivity index (χ3n) is 7.46. The van der Waals surface area contributed by atoms with Gasteiger partial charge in [-0.05, 0) is 55.8 Å². The van der Waals surface area contributed by atoms with E-state index in [1.165, 1.54) is 83.5 Å². The fourth-order valence-corrected chi connectivity index (χ4v) is 7.39. The summed E-state index contributed by atoms with van der Waals surface area (Å²) >= 11 is 0. The topological polar surface area (TPSA) is 27.7 Å². The first kappa shape index (κ1) is 22.4. The molecule has 0 atom stereocenters. The Morgan fingerprint density at radius 1 is 0.654 bits per heavy atom. The zero-order valence-electron chi connectivity index (χ0n) is 17.9. The summed E-state index contributed by atoms with van der Waals surface area (Å²) in [5.74, 6) is 3.94. The molecule has 2 fully saturated rings. The quantitative estimate of drug-likeness (QED) is 0.303. The zero-order chi connectivity index (χ0) is 18.8. The molecule has 0 radical (unpaired) electrons. The molecule has 0 N–H and O–H groups in total. The molecule has 0 unspecified atom stereocenters. The van der Waals surface area contributed by atoms with Crippen LogP contribution < -0.4 is 0 Å². The van der Waals surface area contributed by atoms with Crippen molar-refractivity contribution in [3.8, 4) is 0 Å². The standard InChI is InChI=1S/C22H44O3Si/c1-5-6-7-8-19-9-13-21(14-10-19)22-15-11-20(12-16-22)17-18-26(23-2,24-3)25-4/h19-22H,5-18H2,1-4H3. The third-order valence-corrected chi connectivity index (χ3v) is 10.2. The van der Waals surface area contributed by atoms with Crippen LogP contribution in [0.2, 0.25) is 6.04 Å². The summed E-state index contributed by atoms with van der Waals surface area (Å²) in [5.41, 5.74) is 0. The Balaban J connectivity index is 1.64. The highest BCUT2D eigenvalue weighted by atomic mass is 28.4. The van der Waals surface area contributed by atoms with E-state index >= 15 is 0 Å². The second-order valence-electron chi connectivity index (χ2n) is 8.89. The molecular formula is C22H44O3Si. The molecule has 4 heteroatoms. The van der Waals surface area contributed by atoms with Crippen molar-refractivity contribution in [2.75, 3.05) is 21.3 Å². The number of unbranched alkanes of at least 4 members (excludes halogenated alkanes) is 2. The van der Waals surface area contributed by atoms with E-state index < -0.39 is 8.80 Å². The van der Waals surface area contributed by atoms with Gasteiger partial charge >= 0.3 is 8.80 Å². The zero-order valence-corrected chi connectivity index (χ0v) is 18.9. The fourth-order valence-electron chi connectivity index (χ4n) is 5.52. The molecule has 0 heterocycles. The van der Waals surface area contributed by atoms with Gasteiger partial charge in [0.1, 0.15) is 0 Å². The largest absolute Gasteiger partial charge is 0.500 e. The van der Waals surface area contributed by atoms with Crippen molar-refractivity contribution in [1.29, 1.82) is 0 Å². The summed E-state index contributed by atoms with van der Waals surface area (Å²) < 4.78 is 16.7. The van der Waals surface area contributed by atoms with Crippen LogP contribution in [0.1, 0.15) is 90.4 Å². The van der Waals surface area contributed by atoms with E-state index in [4.69, 9.17) is 13.3 Å². The Kier molecular flexibility index (Phi) is 10.2. The molecule has 26 heavy (non-hydrogen) atoms. The lowest BCUT2D eigenvalue weighted by atomic mass is 9.68. The van der Waals surface area contributed by atoms with Gasteiger partial charge in [0, 0.05) is 27.4 Å². The minimum atomic E-state index is -2.37. The van der Waals surface area contributed by atoms with Crippen LogP contribution in [0.5, 0.6) is 0 Å². The number of hydrogen-bond acceptors (Lipinski definition) is 3. The SMILES string of the molecule is CCCCCC1CCC(C2CCC(CC[Si](OC)(OC)OC)CC2)CC1. The van der Waals surface area contributed by atoms with E-state index in [-0.39, 0.29) is 0 Å². The van der Waals surface area contributed by atoms with Gasteiger partial charge in [0.05, 0.1) is 0 Å². The minimum absolute atomic E-state index is 0.851. The van der Waals surface area contributed by atoms with Crippen molar-refractivity contribution in [2.45, 2.75) is 96.4 Å². The molecule has 0 bridgehead atoms. The normalized spacial score (nSPS) is 30.5. The molecule has 0 aromatic heterocycles. The van der Waals surface area contributed by atoms with Gasteiger partial charge in [-0.3, -0.25) is 0 Å². The van der Waals surface area contributed by atoms with Crippen LogP contribution in [0, 0.1) is 23.7 Å². The summed E-state index contributed by atoms with van der Waals surface area (Å²) in [6, 6.07) is 0.967. The fraction of sp³-hybridized carbons (Fsp3) is 1.00. The van der Waals surface area contributed by atoms with Crippen LogP contribution in [-0.4, -0.2) is 30.1 Å². The highest BCUT2D eigenvalue weighted by Crippen LogP contribution is 2.43. The van der Waals surface area contributed by atoms with Crippen LogP contribution in [-0.2, 0) is 13.3 Å². The summed E-state index contributed by atoms with van der Waals surface area (Å²) in [6.07, 6.45) is 18.7. The van der Waals surface area contributed by atoms with Gasteiger partial charge in [-0.1, -0.05) is 58.3 Å². The average molecular weight is 385 g/mol. The molecule has 2 aliphatic rings. The minimum Gasteiger partial charge on any atom is -0.377 e. The molecule has 0 aromatic rings. The highest BCUT2D eigenvalue weighted by molar-refractivity contribution is 6.60. The Labute approximate surface area is 163 Å². The lowest BCUT2D eigenvalue weighted by Crippen LogP contribution is -2.43. The first-order chi connectivity index (χ1) is 12.7. The second-order valence-corrected chi connectivity index (χ2v) is 12.0. The summed E-state index contributed by atoms with van der Waals surface area (Å²) in [5, 5.41) is 0. The molecule has 0 amide bonds. The van der Waals surface area contributed by atoms with Gasteiger partial charge in [0.15, 0.2) is 0 Å². The molecule has 0 aliphatic heterocycles. The van der Waals surface area contributed by atoms with E-state index in [1.807, 2.05) is 0 Å². The van der Waals surface area contributed by atoms with Crippen LogP contribution >= 0.6 is 0 Å². The van der Waals surface area contributed by atoms with Gasteiger partial charge in [-0.15, -0.1) is 0 Å². The maximum atomic E-state index is 5.58. The molecular weight excluding hydrogens is 340 g/mol. The maximum Gasteiger partial charge on any atom is 0.500 e. The van der Waals surface area contributed by atoms with Crippen molar-refractivity contribution >= 4 is 8.80 Å². The molecule has 2 saturated carbocycles. The third kappa shape index (κ3) is 6.61. The van der Waals surface area contributed by atoms with E-state index in [0.717, 1.165) is 29.7 Å². The van der Waals surface area contributed by atoms with Crippen molar-refractivity contribution in [2.24, 2.45) is 23.7 Å². The summed E-state index contributed by atoms with van der Waals surface area (Å²) in [4.78, 5) is 0. The van der Waals surface area contributed by atoms with Crippen LogP contribution in [0.25, 0.3) is 0 Å². The van der Waals surface area contributed by atoms with E-state index in [9.17, 15) is 0 Å². The lowest BCUT2D eigenvalue weighted by molar-refractivity contribution is 0.115. The van der Waals surface area contributed by atoms with Gasteiger partial charge in [-0.2, -0.15) is 0 Å². The van der Waals surface area contributed by atoms with Gasteiger partial charge in [-0.25, -0.2) is 0 Å². The smallest absolute Gasteiger partial charge is 0.377 e. The first-order valence-electron chi connectivity index (χ1n) is 11.3. The number of hydrogen-bond donors (Lipinski definition) is 0. The molecule has 154 valence electrons. The van der Waals surface area contributed by atoms with Crippen LogP contribution in [0.4, 0.5) is 0 Å². The molecule has 0 spiro atoms. The predicted octanol–water partition coefficient (Wildman–Crippen LogP) is 6.45. The molecule has 0 saturated heterocycles. The Hall–Kier alpha value is 0.0969. The van der Waals surface area contributed by atoms with Gasteiger partial charge in [0.25, 0.3) is 0 Å². The van der Waals surface area contributed by atoms with E-state index in [1.54, 1.807) is 21.3 Å². The summed E-state index contributed by atoms with van der Waals surface area (Å²) in [7, 11) is 2.82. The van der Waals surface area contributed by atoms with Crippen molar-refractivity contribution in [3.63, 3.8) is 0 Å². The van der Waals surface area contributed by atoms with Crippen molar-refractivity contribution in [1.82, 2.24) is 0 Å². The highest BCUT2D eigenvalue weighted by Gasteiger charge is 2.39. The Bertz CT molecular complexity index is 348. The van der Waals surface area contributed by atoms with E-state index in [2.05, 4.69) is 6.92 Å². The monoisotopic (exact) mass is 384 g/mol. The Morgan fingerprint density at radius 2 is 1.12 bits per heavy atom. The van der Waals surface area contributed by atoms with E-state index in [0.29, 0.717) is 0 Å². The molecule has 2 rings (SSSR count). The second kappa shape index (κ2) is 11.8. The summed E-state index contributed by atoms with van der Waals surface area (Å²) in [6.45, 7) is 2.31. The van der Waals surface area contributed by atoms with Crippen LogP contribution in [0.3, 0.4) is 0 Å². The Morgan fingerprint density at radius 3 is 1.54 bits per heavy atom. The predicted molar refractivity (Wildman–Crippen MR) is 111 cm³/mol. The maximum absolute atomic E-state index is 5.58. The molecule has 2 aliphatic carbocycles. The van der Waals surface area contributed by atoms with Crippen molar-refractivity contribution in [3.05, 3.63) is 0 Å². The lowest BCUT2D eigenvalue weighted by Gasteiger charge is -2.38. The average Bonchev–Trinajstić information content (AvgIpc) is 2.71. The first-order valence-corrected chi connectivity index (χ1v) is 13.2. The van der Waals surface area contributed by atoms with Crippen LogP contribution in [0.15, 0.2) is 0 Å². The van der Waals surface area contributed by atoms with Gasteiger partial charge < -0.3 is 13.3 Å². The molecule has 3 nitrogen and oxygen atoms in total. The van der Waals surface area contributed by atoms with Gasteiger partial charge in [0.2, 0.25) is 0 Å². The molecule has 0 aromatic carbocycles.